The van der Waals surface area contributed by atoms with Crippen molar-refractivity contribution in [2.24, 2.45) is 17.1 Å². The van der Waals surface area contributed by atoms with Crippen molar-refractivity contribution in [1.29, 1.82) is 0 Å². The topological polar surface area (TPSA) is 237 Å². The SMILES string of the molecule is BNCCCC[C@H](NC(C)=O)C(=O)NC(C(=O)N[C@@H](CCCNC(N)=O)C(=O)NCCCNCCCCNCCCNC(=O)CC(C)(C)C)C(C)C. The number of urea groups is 1. The van der Waals surface area contributed by atoms with Gasteiger partial charge in [-0.05, 0) is 102 Å². The molecule has 11 N–H and O–H groups in total. The zero-order valence-corrected chi connectivity index (χ0v) is 33.1. The quantitative estimate of drug-likeness (QED) is 0.0330. The molecule has 0 saturated carbocycles. The van der Waals surface area contributed by atoms with Gasteiger partial charge in [0.1, 0.15) is 18.1 Å². The van der Waals surface area contributed by atoms with Gasteiger partial charge >= 0.3 is 6.03 Å². The van der Waals surface area contributed by atoms with E-state index >= 15 is 0 Å². The first-order valence-corrected chi connectivity index (χ1v) is 19.1. The Kier molecular flexibility index (Phi) is 27.1. The molecule has 0 aliphatic carbocycles. The number of nitrogens with two attached hydrogens (primary N) is 1. The van der Waals surface area contributed by atoms with Crippen molar-refractivity contribution >= 4 is 43.5 Å². The molecule has 7 amide bonds. The van der Waals surface area contributed by atoms with E-state index in [-0.39, 0.29) is 42.0 Å². The largest absolute Gasteiger partial charge is 0.362 e. The van der Waals surface area contributed by atoms with E-state index in [2.05, 4.69) is 68.5 Å². The summed E-state index contributed by atoms with van der Waals surface area (Å²) in [7, 11) is 1.84. The van der Waals surface area contributed by atoms with Crippen LogP contribution in [-0.4, -0.2) is 114 Å². The minimum Gasteiger partial charge on any atom is -0.362 e. The Morgan fingerprint density at radius 3 is 1.65 bits per heavy atom. The molecule has 3 atom stereocenters. The summed E-state index contributed by atoms with van der Waals surface area (Å²) in [5.41, 5.74) is 5.16. The van der Waals surface area contributed by atoms with Crippen LogP contribution in [0.3, 0.4) is 0 Å². The molecule has 0 saturated heterocycles. The van der Waals surface area contributed by atoms with E-state index < -0.39 is 36.0 Å². The van der Waals surface area contributed by atoms with Crippen molar-refractivity contribution < 1.29 is 28.8 Å². The van der Waals surface area contributed by atoms with Gasteiger partial charge in [0.25, 0.3) is 0 Å². The number of carbonyl (C=O) groups is 6. The molecule has 0 aromatic rings. The van der Waals surface area contributed by atoms with E-state index in [0.29, 0.717) is 51.7 Å². The molecule has 17 heteroatoms. The molecule has 0 heterocycles. The fraction of sp³-hybridized carbons (Fsp3) is 0.829. The van der Waals surface area contributed by atoms with Crippen molar-refractivity contribution in [3.63, 3.8) is 0 Å². The second-order valence-electron chi connectivity index (χ2n) is 14.9. The van der Waals surface area contributed by atoms with Crippen LogP contribution in [0.25, 0.3) is 0 Å². The number of carbonyl (C=O) groups excluding carboxylic acids is 6. The summed E-state index contributed by atoms with van der Waals surface area (Å²) in [6, 6.07) is -3.30. The summed E-state index contributed by atoms with van der Waals surface area (Å²) in [6.07, 6.45) is 6.72. The van der Waals surface area contributed by atoms with Gasteiger partial charge in [0.15, 0.2) is 7.98 Å². The number of rotatable bonds is 30. The maximum absolute atomic E-state index is 13.5. The van der Waals surface area contributed by atoms with Crippen molar-refractivity contribution in [2.45, 2.75) is 124 Å². The van der Waals surface area contributed by atoms with E-state index in [0.717, 1.165) is 51.9 Å². The fourth-order valence-electron chi connectivity index (χ4n) is 5.28. The lowest BCUT2D eigenvalue weighted by Crippen LogP contribution is -2.58. The van der Waals surface area contributed by atoms with Gasteiger partial charge in [0.2, 0.25) is 29.5 Å². The minimum absolute atomic E-state index is 0.00620. The van der Waals surface area contributed by atoms with Crippen LogP contribution in [0.15, 0.2) is 0 Å². The molecule has 300 valence electrons. The van der Waals surface area contributed by atoms with E-state index in [9.17, 15) is 28.8 Å². The molecule has 1 unspecified atom stereocenters. The molecule has 16 nitrogen and oxygen atoms in total. The Labute approximate surface area is 313 Å². The normalized spacial score (nSPS) is 13.1. The van der Waals surface area contributed by atoms with E-state index in [1.807, 2.05) is 7.98 Å². The maximum Gasteiger partial charge on any atom is 0.312 e. The van der Waals surface area contributed by atoms with Gasteiger partial charge in [-0.15, -0.1) is 0 Å². The van der Waals surface area contributed by atoms with Gasteiger partial charge in [-0.1, -0.05) is 34.6 Å². The third-order valence-electron chi connectivity index (χ3n) is 8.04. The Morgan fingerprint density at radius 2 is 1.12 bits per heavy atom. The summed E-state index contributed by atoms with van der Waals surface area (Å²) in [6.45, 7) is 16.5. The molecule has 0 spiro atoms. The molecule has 0 aromatic carbocycles. The predicted octanol–water partition coefficient (Wildman–Crippen LogP) is -0.719. The van der Waals surface area contributed by atoms with Gasteiger partial charge in [-0.25, -0.2) is 4.79 Å². The Bertz CT molecular complexity index is 1060. The average Bonchev–Trinajstić information content (AvgIpc) is 3.04. The summed E-state index contributed by atoms with van der Waals surface area (Å²) in [5, 5.41) is 26.4. The standard InChI is InChI=1S/C35H71BN10O6/c1-25(2)30(46-32(50)28(44-26(3)47)14-7-8-23-43-36)33(51)45-27(15-11-20-42-34(37)52)31(49)41-22-13-19-39-17-10-9-16-38-18-12-21-40-29(48)24-35(4,5)6/h25,27-28,30,38-39,43H,7-24,36H2,1-6H3,(H,40,48)(H,41,49)(H,44,47)(H,45,51)(H,46,50)(H3,37,42,52)/t27-,28-,30?/m0/s1. The van der Waals surface area contributed by atoms with Gasteiger partial charge in [0, 0.05) is 33.0 Å². The van der Waals surface area contributed by atoms with Crippen molar-refractivity contribution in [2.75, 3.05) is 52.4 Å². The molecular formula is C35H71BN10O6. The Morgan fingerprint density at radius 1 is 0.596 bits per heavy atom. The zero-order chi connectivity index (χ0) is 39.4. The number of hydrogen-bond acceptors (Lipinski definition) is 9. The summed E-state index contributed by atoms with van der Waals surface area (Å²) < 4.78 is 0. The minimum atomic E-state index is -0.939. The van der Waals surface area contributed by atoms with Crippen LogP contribution in [0.2, 0.25) is 0 Å². The molecule has 0 radical (unpaired) electrons. The second-order valence-corrected chi connectivity index (χ2v) is 14.9. The van der Waals surface area contributed by atoms with Crippen LogP contribution in [0, 0.1) is 11.3 Å². The molecule has 0 aliphatic heterocycles. The highest BCUT2D eigenvalue weighted by Crippen LogP contribution is 2.17. The molecule has 0 aliphatic rings. The van der Waals surface area contributed by atoms with Crippen LogP contribution in [-0.2, 0) is 24.0 Å². The molecular weight excluding hydrogens is 667 g/mol. The van der Waals surface area contributed by atoms with Gasteiger partial charge in [-0.2, -0.15) is 0 Å². The maximum atomic E-state index is 13.5. The molecule has 0 aromatic heterocycles. The number of amides is 7. The van der Waals surface area contributed by atoms with E-state index in [1.165, 1.54) is 6.92 Å². The zero-order valence-electron chi connectivity index (χ0n) is 33.1. The summed E-state index contributed by atoms with van der Waals surface area (Å²) in [4.78, 5) is 74.6. The summed E-state index contributed by atoms with van der Waals surface area (Å²) >= 11 is 0. The number of nitrogens with one attached hydrogen (secondary N) is 9. The third-order valence-corrected chi connectivity index (χ3v) is 8.04. The Hall–Kier alpha value is -3.44. The number of unbranched alkanes of at least 4 members (excludes halogenated alkanes) is 2. The van der Waals surface area contributed by atoms with Crippen LogP contribution in [0.4, 0.5) is 4.79 Å². The van der Waals surface area contributed by atoms with E-state index in [1.54, 1.807) is 13.8 Å². The van der Waals surface area contributed by atoms with Gasteiger partial charge in [-0.3, -0.25) is 24.0 Å². The average molecular weight is 739 g/mol. The third kappa shape index (κ3) is 27.2. The molecule has 0 rings (SSSR count). The predicted molar refractivity (Wildman–Crippen MR) is 208 cm³/mol. The van der Waals surface area contributed by atoms with Crippen molar-refractivity contribution in [3.05, 3.63) is 0 Å². The lowest BCUT2D eigenvalue weighted by atomic mass is 9.92. The highest BCUT2D eigenvalue weighted by atomic mass is 16.2. The smallest absolute Gasteiger partial charge is 0.312 e. The van der Waals surface area contributed by atoms with Crippen LogP contribution >= 0.6 is 0 Å². The van der Waals surface area contributed by atoms with Crippen LogP contribution in [0.5, 0.6) is 0 Å². The van der Waals surface area contributed by atoms with Gasteiger partial charge < -0.3 is 53.5 Å². The second kappa shape index (κ2) is 29.1. The van der Waals surface area contributed by atoms with Crippen LogP contribution in [0.1, 0.15) is 106 Å². The number of primary amides is 1. The highest BCUT2D eigenvalue weighted by Gasteiger charge is 2.31. The molecule has 0 bridgehead atoms. The summed E-state index contributed by atoms with van der Waals surface area (Å²) in [5.74, 6) is -1.88. The Balaban J connectivity index is 4.74. The van der Waals surface area contributed by atoms with Crippen molar-refractivity contribution in [3.8, 4) is 0 Å². The lowest BCUT2D eigenvalue weighted by Gasteiger charge is -2.27. The molecule has 0 fully saturated rings. The first-order chi connectivity index (χ1) is 24.6. The van der Waals surface area contributed by atoms with Gasteiger partial charge in [0.05, 0.1) is 0 Å². The number of hydrogen-bond donors (Lipinski definition) is 10. The monoisotopic (exact) mass is 739 g/mol. The van der Waals surface area contributed by atoms with Crippen molar-refractivity contribution in [1.82, 2.24) is 47.8 Å². The lowest BCUT2D eigenvalue weighted by molar-refractivity contribution is -0.134. The molecule has 52 heavy (non-hydrogen) atoms. The fourth-order valence-corrected chi connectivity index (χ4v) is 5.28. The van der Waals surface area contributed by atoms with E-state index in [4.69, 9.17) is 5.73 Å². The first kappa shape index (κ1) is 48.6. The van der Waals surface area contributed by atoms with Crippen LogP contribution < -0.4 is 53.5 Å². The first-order valence-electron chi connectivity index (χ1n) is 19.1. The highest BCUT2D eigenvalue weighted by molar-refractivity contribution is 6.04.